The summed E-state index contributed by atoms with van der Waals surface area (Å²) < 4.78 is 6.02. The molecule has 12 heteroatoms. The third-order valence-corrected chi connectivity index (χ3v) is 7.23. The molecule has 2 saturated heterocycles. The molecule has 2 fully saturated rings. The molecular weight excluding hydrogens is 491 g/mol. The van der Waals surface area contributed by atoms with E-state index in [-0.39, 0.29) is 23.1 Å². The van der Waals surface area contributed by atoms with Gasteiger partial charge in [-0.25, -0.2) is 4.79 Å². The maximum Gasteiger partial charge on any atom is 0.413 e. The zero-order valence-corrected chi connectivity index (χ0v) is 21.5. The van der Waals surface area contributed by atoms with Gasteiger partial charge in [0, 0.05) is 32.2 Å². The predicted molar refractivity (Wildman–Crippen MR) is 136 cm³/mol. The molecule has 0 aromatic carbocycles. The Morgan fingerprint density at radius 3 is 2.20 bits per heavy atom. The van der Waals surface area contributed by atoms with Crippen molar-refractivity contribution < 1.29 is 9.53 Å². The topological polar surface area (TPSA) is 122 Å². The molecule has 1 amide bonds. The van der Waals surface area contributed by atoms with E-state index in [2.05, 4.69) is 35.5 Å². The number of amides is 1. The van der Waals surface area contributed by atoms with Crippen molar-refractivity contribution in [3.05, 3.63) is 34.6 Å². The van der Waals surface area contributed by atoms with Gasteiger partial charge in [-0.2, -0.15) is 0 Å². The minimum atomic E-state index is -0.752. The predicted octanol–water partition coefficient (Wildman–Crippen LogP) is 3.61. The summed E-state index contributed by atoms with van der Waals surface area (Å²) in [7, 11) is 0. The second-order valence-corrected chi connectivity index (χ2v) is 10.5. The van der Waals surface area contributed by atoms with Crippen LogP contribution in [0.25, 0.3) is 0 Å². The largest absolute Gasteiger partial charge is 0.442 e. The Bertz CT molecular complexity index is 976. The van der Waals surface area contributed by atoms with Crippen LogP contribution in [-0.2, 0) is 4.74 Å². The molecule has 2 aromatic rings. The van der Waals surface area contributed by atoms with Crippen LogP contribution in [-0.4, -0.2) is 75.3 Å². The number of carbonyl (C=O) groups is 1. The highest BCUT2D eigenvalue weighted by Crippen LogP contribution is 2.35. The molecule has 0 spiro atoms. The Labute approximate surface area is 215 Å². The lowest BCUT2D eigenvalue weighted by molar-refractivity contribution is -0.0623. The Kier molecular flexibility index (Phi) is 8.26. The summed E-state index contributed by atoms with van der Waals surface area (Å²) in [6, 6.07) is 7.06. The summed E-state index contributed by atoms with van der Waals surface area (Å²) in [6.07, 6.45) is 3.17. The molecule has 190 valence electrons. The van der Waals surface area contributed by atoms with Crippen LogP contribution in [0.4, 0.5) is 16.4 Å². The molecule has 2 aliphatic rings. The van der Waals surface area contributed by atoms with Gasteiger partial charge < -0.3 is 15.4 Å². The lowest BCUT2D eigenvalue weighted by Gasteiger charge is -2.49. The molecule has 2 aromatic heterocycles. The standard InChI is InChI=1S/C23H32Cl2N8O2/c1-23(2,35-22(34)27-19-5-3-17(24)28-30-19)21(33-13-9-16(26)10-14-33)15-7-11-32(12-8-15)20-6-4-18(25)29-31-20/h3-6,15-16,21H,7-14,26H2,1-2H3,(H,27,30,34). The van der Waals surface area contributed by atoms with Crippen molar-refractivity contribution in [1.29, 1.82) is 0 Å². The normalized spacial score (nSPS) is 19.4. The first-order chi connectivity index (χ1) is 16.7. The molecule has 0 aliphatic carbocycles. The number of hydrogen-bond acceptors (Lipinski definition) is 9. The Balaban J connectivity index is 1.46. The van der Waals surface area contributed by atoms with E-state index in [0.29, 0.717) is 11.1 Å². The fourth-order valence-electron chi connectivity index (χ4n) is 5.24. The van der Waals surface area contributed by atoms with Gasteiger partial charge >= 0.3 is 6.09 Å². The third kappa shape index (κ3) is 6.69. The number of halogens is 2. The fraction of sp³-hybridized carbons (Fsp3) is 0.609. The second-order valence-electron chi connectivity index (χ2n) is 9.72. The Hall–Kier alpha value is -2.27. The number of ether oxygens (including phenoxy) is 1. The van der Waals surface area contributed by atoms with E-state index in [4.69, 9.17) is 33.7 Å². The van der Waals surface area contributed by atoms with Crippen LogP contribution in [0, 0.1) is 5.92 Å². The van der Waals surface area contributed by atoms with Crippen molar-refractivity contribution in [1.82, 2.24) is 25.3 Å². The van der Waals surface area contributed by atoms with E-state index in [1.807, 2.05) is 19.9 Å². The summed E-state index contributed by atoms with van der Waals surface area (Å²) in [6.45, 7) is 7.41. The average molecular weight is 523 g/mol. The molecule has 0 bridgehead atoms. The SMILES string of the molecule is CC(C)(OC(=O)Nc1ccc(Cl)nn1)C(C1CCN(c2ccc(Cl)nn2)CC1)N1CCC(N)CC1. The smallest absolute Gasteiger partial charge is 0.413 e. The summed E-state index contributed by atoms with van der Waals surface area (Å²) in [5.41, 5.74) is 5.43. The Morgan fingerprint density at radius 2 is 1.63 bits per heavy atom. The zero-order chi connectivity index (χ0) is 25.0. The highest BCUT2D eigenvalue weighted by Gasteiger charge is 2.44. The van der Waals surface area contributed by atoms with Crippen molar-refractivity contribution in [3.63, 3.8) is 0 Å². The second kappa shape index (κ2) is 11.2. The minimum absolute atomic E-state index is 0.0375. The maximum atomic E-state index is 12.8. The van der Waals surface area contributed by atoms with Crippen molar-refractivity contribution in [2.75, 3.05) is 36.4 Å². The number of rotatable bonds is 6. The van der Waals surface area contributed by atoms with Gasteiger partial charge in [0.25, 0.3) is 0 Å². The van der Waals surface area contributed by atoms with E-state index in [1.54, 1.807) is 18.2 Å². The first-order valence-electron chi connectivity index (χ1n) is 11.9. The van der Waals surface area contributed by atoms with Crippen molar-refractivity contribution in [2.45, 2.75) is 57.2 Å². The van der Waals surface area contributed by atoms with Crippen LogP contribution in [0.2, 0.25) is 10.3 Å². The van der Waals surface area contributed by atoms with Gasteiger partial charge in [0.15, 0.2) is 21.9 Å². The molecule has 10 nitrogen and oxygen atoms in total. The molecule has 4 rings (SSSR count). The first-order valence-corrected chi connectivity index (χ1v) is 12.7. The number of piperidine rings is 2. The molecule has 2 aliphatic heterocycles. The van der Waals surface area contributed by atoms with E-state index in [1.165, 1.54) is 0 Å². The molecule has 4 heterocycles. The molecule has 1 atom stereocenters. The summed E-state index contributed by atoms with van der Waals surface area (Å²) >= 11 is 11.7. The highest BCUT2D eigenvalue weighted by atomic mass is 35.5. The van der Waals surface area contributed by atoms with Crippen LogP contribution in [0.5, 0.6) is 0 Å². The lowest BCUT2D eigenvalue weighted by atomic mass is 9.79. The Morgan fingerprint density at radius 1 is 1.00 bits per heavy atom. The molecule has 1 unspecified atom stereocenters. The fourth-order valence-corrected chi connectivity index (χ4v) is 5.44. The molecule has 0 radical (unpaired) electrons. The monoisotopic (exact) mass is 522 g/mol. The summed E-state index contributed by atoms with van der Waals surface area (Å²) in [4.78, 5) is 17.5. The van der Waals surface area contributed by atoms with Crippen molar-refractivity contribution in [3.8, 4) is 0 Å². The van der Waals surface area contributed by atoms with Crippen molar-refractivity contribution >= 4 is 40.9 Å². The molecular formula is C23H32Cl2N8O2. The van der Waals surface area contributed by atoms with Crippen LogP contribution in [0.3, 0.4) is 0 Å². The van der Waals surface area contributed by atoms with Gasteiger partial charge in [0.2, 0.25) is 0 Å². The lowest BCUT2D eigenvalue weighted by Crippen LogP contribution is -2.60. The number of nitrogens with two attached hydrogens (primary N) is 1. The molecule has 3 N–H and O–H groups in total. The maximum absolute atomic E-state index is 12.8. The van der Waals surface area contributed by atoms with Gasteiger partial charge in [0.05, 0.1) is 6.04 Å². The average Bonchev–Trinajstić information content (AvgIpc) is 2.82. The number of hydrogen-bond donors (Lipinski definition) is 2. The number of carbonyl (C=O) groups excluding carboxylic acids is 1. The van der Waals surface area contributed by atoms with Gasteiger partial charge in [-0.1, -0.05) is 23.2 Å². The minimum Gasteiger partial charge on any atom is -0.442 e. The number of nitrogens with zero attached hydrogens (tertiary/aromatic N) is 6. The van der Waals surface area contributed by atoms with Crippen LogP contribution in [0.1, 0.15) is 39.5 Å². The summed E-state index contributed by atoms with van der Waals surface area (Å²) in [5, 5.41) is 19.1. The van der Waals surface area contributed by atoms with Gasteiger partial charge in [-0.3, -0.25) is 10.2 Å². The summed E-state index contributed by atoms with van der Waals surface area (Å²) in [5.74, 6) is 1.44. The van der Waals surface area contributed by atoms with E-state index in [9.17, 15) is 4.79 Å². The van der Waals surface area contributed by atoms with Gasteiger partial charge in [-0.05, 0) is 69.7 Å². The van der Waals surface area contributed by atoms with E-state index < -0.39 is 11.7 Å². The quantitative estimate of drug-likeness (QED) is 0.585. The number of nitrogens with one attached hydrogen (secondary N) is 1. The number of likely N-dealkylation sites (tertiary alicyclic amines) is 1. The van der Waals surface area contributed by atoms with Crippen molar-refractivity contribution in [2.24, 2.45) is 11.7 Å². The molecule has 0 saturated carbocycles. The van der Waals surface area contributed by atoms with Crippen LogP contribution in [0.15, 0.2) is 24.3 Å². The van der Waals surface area contributed by atoms with Gasteiger partial charge in [0.1, 0.15) is 5.60 Å². The van der Waals surface area contributed by atoms with E-state index >= 15 is 0 Å². The number of anilines is 2. The first kappa shape index (κ1) is 25.8. The molecule has 35 heavy (non-hydrogen) atoms. The van der Waals surface area contributed by atoms with Crippen LogP contribution >= 0.6 is 23.2 Å². The van der Waals surface area contributed by atoms with Gasteiger partial charge in [-0.15, -0.1) is 20.4 Å². The third-order valence-electron chi connectivity index (χ3n) is 6.83. The number of aromatic nitrogens is 4. The van der Waals surface area contributed by atoms with Crippen LogP contribution < -0.4 is 16.0 Å². The zero-order valence-electron chi connectivity index (χ0n) is 20.0. The van der Waals surface area contributed by atoms with E-state index in [0.717, 1.165) is 57.7 Å². The highest BCUT2D eigenvalue weighted by molar-refractivity contribution is 6.29.